The van der Waals surface area contributed by atoms with E-state index in [0.29, 0.717) is 16.6 Å². The molecule has 0 aromatic heterocycles. The SMILES string of the molecule is NCC1(C(O)c2cc(Cl)cc(Cl)c2)CCCC1. The Morgan fingerprint density at radius 3 is 2.18 bits per heavy atom. The third kappa shape index (κ3) is 2.60. The summed E-state index contributed by atoms with van der Waals surface area (Å²) in [7, 11) is 0. The minimum Gasteiger partial charge on any atom is -0.388 e. The lowest BCUT2D eigenvalue weighted by molar-refractivity contribution is 0.0333. The summed E-state index contributed by atoms with van der Waals surface area (Å²) in [6.07, 6.45) is 3.61. The highest BCUT2D eigenvalue weighted by atomic mass is 35.5. The normalized spacial score (nSPS) is 20.5. The minimum absolute atomic E-state index is 0.200. The maximum Gasteiger partial charge on any atom is 0.0859 e. The van der Waals surface area contributed by atoms with Crippen LogP contribution in [0.3, 0.4) is 0 Å². The molecule has 3 N–H and O–H groups in total. The van der Waals surface area contributed by atoms with Crippen molar-refractivity contribution in [2.75, 3.05) is 6.54 Å². The number of hydrogen-bond acceptors (Lipinski definition) is 2. The molecule has 0 radical (unpaired) electrons. The molecule has 1 fully saturated rings. The fourth-order valence-electron chi connectivity index (χ4n) is 2.75. The lowest BCUT2D eigenvalue weighted by atomic mass is 9.77. The highest BCUT2D eigenvalue weighted by Gasteiger charge is 2.40. The summed E-state index contributed by atoms with van der Waals surface area (Å²) in [5.41, 5.74) is 6.43. The van der Waals surface area contributed by atoms with E-state index in [-0.39, 0.29) is 5.41 Å². The Hall–Kier alpha value is -0.280. The van der Waals surface area contributed by atoms with Gasteiger partial charge in [0.2, 0.25) is 0 Å². The fourth-order valence-corrected chi connectivity index (χ4v) is 3.30. The van der Waals surface area contributed by atoms with Crippen LogP contribution in [0.5, 0.6) is 0 Å². The molecule has 0 saturated heterocycles. The quantitative estimate of drug-likeness (QED) is 0.885. The second kappa shape index (κ2) is 5.15. The van der Waals surface area contributed by atoms with E-state index in [2.05, 4.69) is 0 Å². The topological polar surface area (TPSA) is 46.2 Å². The first-order valence-electron chi connectivity index (χ1n) is 5.91. The van der Waals surface area contributed by atoms with Gasteiger partial charge in [-0.05, 0) is 36.6 Å². The number of halogens is 2. The fraction of sp³-hybridized carbons (Fsp3) is 0.538. The molecule has 1 unspecified atom stereocenters. The predicted molar refractivity (Wildman–Crippen MR) is 71.4 cm³/mol. The molecule has 1 atom stereocenters. The number of aliphatic hydroxyl groups excluding tert-OH is 1. The first kappa shape index (κ1) is 13.2. The molecule has 1 saturated carbocycles. The van der Waals surface area contributed by atoms with Gasteiger partial charge in [0.25, 0.3) is 0 Å². The van der Waals surface area contributed by atoms with Crippen LogP contribution in [0.4, 0.5) is 0 Å². The number of nitrogens with two attached hydrogens (primary N) is 1. The van der Waals surface area contributed by atoms with Gasteiger partial charge in [-0.15, -0.1) is 0 Å². The molecule has 94 valence electrons. The summed E-state index contributed by atoms with van der Waals surface area (Å²) >= 11 is 11.9. The molecule has 0 bridgehead atoms. The Morgan fingerprint density at radius 1 is 1.18 bits per heavy atom. The Labute approximate surface area is 112 Å². The Balaban J connectivity index is 2.32. The Bertz CT molecular complexity index is 382. The average Bonchev–Trinajstić information content (AvgIpc) is 2.76. The molecule has 0 heterocycles. The van der Waals surface area contributed by atoms with Gasteiger partial charge in [-0.1, -0.05) is 36.0 Å². The maximum absolute atomic E-state index is 10.5. The molecule has 2 nitrogen and oxygen atoms in total. The van der Waals surface area contributed by atoms with Crippen molar-refractivity contribution in [1.82, 2.24) is 0 Å². The zero-order valence-electron chi connectivity index (χ0n) is 9.63. The van der Waals surface area contributed by atoms with Crippen LogP contribution >= 0.6 is 23.2 Å². The summed E-state index contributed by atoms with van der Waals surface area (Å²) in [5.74, 6) is 0. The van der Waals surface area contributed by atoms with Crippen LogP contribution in [0.15, 0.2) is 18.2 Å². The van der Waals surface area contributed by atoms with Crippen LogP contribution in [0.25, 0.3) is 0 Å². The number of rotatable bonds is 3. The lowest BCUT2D eigenvalue weighted by Crippen LogP contribution is -2.34. The lowest BCUT2D eigenvalue weighted by Gasteiger charge is -2.33. The van der Waals surface area contributed by atoms with Crippen molar-refractivity contribution >= 4 is 23.2 Å². The summed E-state index contributed by atoms with van der Waals surface area (Å²) in [6.45, 7) is 0.498. The zero-order valence-corrected chi connectivity index (χ0v) is 11.1. The summed E-state index contributed by atoms with van der Waals surface area (Å²) in [6, 6.07) is 5.21. The van der Waals surface area contributed by atoms with Gasteiger partial charge in [0.1, 0.15) is 0 Å². The monoisotopic (exact) mass is 273 g/mol. The van der Waals surface area contributed by atoms with Gasteiger partial charge >= 0.3 is 0 Å². The average molecular weight is 274 g/mol. The van der Waals surface area contributed by atoms with Crippen molar-refractivity contribution < 1.29 is 5.11 Å². The molecule has 2 rings (SSSR count). The molecule has 1 aromatic carbocycles. The molecular weight excluding hydrogens is 257 g/mol. The van der Waals surface area contributed by atoms with Gasteiger partial charge in [0.15, 0.2) is 0 Å². The first-order valence-corrected chi connectivity index (χ1v) is 6.67. The van der Waals surface area contributed by atoms with Crippen LogP contribution in [-0.2, 0) is 0 Å². The maximum atomic E-state index is 10.5. The standard InChI is InChI=1S/C13H17Cl2NO/c14-10-5-9(6-11(15)7-10)12(17)13(8-16)3-1-2-4-13/h5-7,12,17H,1-4,8,16H2. The van der Waals surface area contributed by atoms with Gasteiger partial charge in [-0.25, -0.2) is 0 Å². The van der Waals surface area contributed by atoms with Crippen molar-refractivity contribution in [1.29, 1.82) is 0 Å². The van der Waals surface area contributed by atoms with Gasteiger partial charge in [0.05, 0.1) is 6.10 Å². The van der Waals surface area contributed by atoms with Gasteiger partial charge < -0.3 is 10.8 Å². The highest BCUT2D eigenvalue weighted by Crippen LogP contribution is 2.47. The van der Waals surface area contributed by atoms with Gasteiger partial charge in [0, 0.05) is 22.0 Å². The van der Waals surface area contributed by atoms with Crippen LogP contribution in [-0.4, -0.2) is 11.7 Å². The van der Waals surface area contributed by atoms with E-state index in [0.717, 1.165) is 31.2 Å². The molecular formula is C13H17Cl2NO. The third-order valence-corrected chi connectivity index (χ3v) is 4.22. The smallest absolute Gasteiger partial charge is 0.0859 e. The van der Waals surface area contributed by atoms with Gasteiger partial charge in [-0.3, -0.25) is 0 Å². The Morgan fingerprint density at radius 2 is 1.71 bits per heavy atom. The van der Waals surface area contributed by atoms with Crippen LogP contribution in [0.2, 0.25) is 10.0 Å². The number of benzene rings is 1. The van der Waals surface area contributed by atoms with E-state index in [1.165, 1.54) is 0 Å². The predicted octanol–water partition coefficient (Wildman–Crippen LogP) is 3.55. The van der Waals surface area contributed by atoms with E-state index < -0.39 is 6.10 Å². The summed E-state index contributed by atoms with van der Waals surface area (Å²) in [5, 5.41) is 11.6. The zero-order chi connectivity index (χ0) is 12.5. The molecule has 0 amide bonds. The van der Waals surface area contributed by atoms with Crippen molar-refractivity contribution in [3.8, 4) is 0 Å². The second-order valence-corrected chi connectivity index (χ2v) is 5.75. The summed E-state index contributed by atoms with van der Waals surface area (Å²) in [4.78, 5) is 0. The van der Waals surface area contributed by atoms with E-state index >= 15 is 0 Å². The molecule has 0 aliphatic heterocycles. The minimum atomic E-state index is -0.578. The van der Waals surface area contributed by atoms with Crippen LogP contribution < -0.4 is 5.73 Å². The molecule has 17 heavy (non-hydrogen) atoms. The van der Waals surface area contributed by atoms with E-state index in [1.807, 2.05) is 0 Å². The van der Waals surface area contributed by atoms with E-state index in [4.69, 9.17) is 28.9 Å². The molecule has 4 heteroatoms. The van der Waals surface area contributed by atoms with Crippen LogP contribution in [0.1, 0.15) is 37.4 Å². The highest BCUT2D eigenvalue weighted by molar-refractivity contribution is 6.34. The van der Waals surface area contributed by atoms with Crippen molar-refractivity contribution in [2.24, 2.45) is 11.1 Å². The Kier molecular flexibility index (Phi) is 3.99. The van der Waals surface area contributed by atoms with E-state index in [1.54, 1.807) is 18.2 Å². The third-order valence-electron chi connectivity index (χ3n) is 3.79. The first-order chi connectivity index (χ1) is 8.07. The largest absolute Gasteiger partial charge is 0.388 e. The molecule has 1 aliphatic rings. The molecule has 1 aromatic rings. The van der Waals surface area contributed by atoms with Crippen molar-refractivity contribution in [3.63, 3.8) is 0 Å². The molecule has 1 aliphatic carbocycles. The molecule has 0 spiro atoms. The van der Waals surface area contributed by atoms with E-state index in [9.17, 15) is 5.11 Å². The number of aliphatic hydroxyl groups is 1. The summed E-state index contributed by atoms with van der Waals surface area (Å²) < 4.78 is 0. The second-order valence-electron chi connectivity index (χ2n) is 4.88. The van der Waals surface area contributed by atoms with Crippen molar-refractivity contribution in [2.45, 2.75) is 31.8 Å². The number of hydrogen-bond donors (Lipinski definition) is 2. The van der Waals surface area contributed by atoms with Crippen LogP contribution in [0, 0.1) is 5.41 Å². The van der Waals surface area contributed by atoms with Gasteiger partial charge in [-0.2, -0.15) is 0 Å². The van der Waals surface area contributed by atoms with Crippen molar-refractivity contribution in [3.05, 3.63) is 33.8 Å².